The number of fused-ring (bicyclic) bond motifs is 1. The van der Waals surface area contributed by atoms with E-state index >= 15 is 0 Å². The molecule has 0 aliphatic carbocycles. The zero-order chi connectivity index (χ0) is 30.0. The summed E-state index contributed by atoms with van der Waals surface area (Å²) in [5.74, 6) is -0.315. The first-order valence-corrected chi connectivity index (χ1v) is 13.4. The van der Waals surface area contributed by atoms with Crippen LogP contribution in [0.25, 0.3) is 0 Å². The highest BCUT2D eigenvalue weighted by atomic mass is 16.5. The summed E-state index contributed by atoms with van der Waals surface area (Å²) in [6.45, 7) is 9.14. The van der Waals surface area contributed by atoms with E-state index in [9.17, 15) is 19.5 Å². The summed E-state index contributed by atoms with van der Waals surface area (Å²) < 4.78 is 13.1. The van der Waals surface area contributed by atoms with Gasteiger partial charge in [0, 0.05) is 26.6 Å². The number of benzene rings is 1. The monoisotopic (exact) mass is 567 g/mol. The Morgan fingerprint density at radius 2 is 1.98 bits per heavy atom. The van der Waals surface area contributed by atoms with E-state index < -0.39 is 18.1 Å². The number of hydrogen-bond donors (Lipinski definition) is 3. The molecule has 4 amide bonds. The van der Waals surface area contributed by atoms with Gasteiger partial charge in [-0.25, -0.2) is 4.79 Å². The van der Waals surface area contributed by atoms with Crippen molar-refractivity contribution in [2.75, 3.05) is 37.4 Å². The number of nitrogens with zero attached hydrogens (tertiary/aromatic N) is 5. The third kappa shape index (κ3) is 6.19. The lowest BCUT2D eigenvalue weighted by molar-refractivity contribution is 0.0372. The summed E-state index contributed by atoms with van der Waals surface area (Å²) in [6.07, 6.45) is -0.576. The van der Waals surface area contributed by atoms with Crippen molar-refractivity contribution in [3.8, 4) is 5.75 Å². The molecule has 0 saturated heterocycles. The van der Waals surface area contributed by atoms with Crippen molar-refractivity contribution in [2.24, 2.45) is 13.0 Å². The van der Waals surface area contributed by atoms with Crippen molar-refractivity contribution in [2.45, 2.75) is 46.8 Å². The first-order chi connectivity index (χ1) is 19.4. The summed E-state index contributed by atoms with van der Waals surface area (Å²) in [5, 5.41) is 23.7. The maximum atomic E-state index is 13.7. The van der Waals surface area contributed by atoms with E-state index in [1.165, 1.54) is 9.58 Å². The van der Waals surface area contributed by atoms with Crippen molar-refractivity contribution >= 4 is 29.2 Å². The van der Waals surface area contributed by atoms with E-state index in [2.05, 4.69) is 20.9 Å². The Morgan fingerprint density at radius 1 is 1.24 bits per heavy atom. The van der Waals surface area contributed by atoms with Crippen molar-refractivity contribution in [3.05, 3.63) is 52.7 Å². The van der Waals surface area contributed by atoms with Gasteiger partial charge in [0.1, 0.15) is 23.2 Å². The van der Waals surface area contributed by atoms with E-state index in [0.717, 1.165) is 0 Å². The quantitative estimate of drug-likeness (QED) is 0.394. The van der Waals surface area contributed by atoms with E-state index in [0.29, 0.717) is 34.2 Å². The Hall–Kier alpha value is -4.39. The van der Waals surface area contributed by atoms with Crippen LogP contribution < -0.4 is 15.4 Å². The van der Waals surface area contributed by atoms with Gasteiger partial charge in [-0.05, 0) is 45.9 Å². The van der Waals surface area contributed by atoms with Gasteiger partial charge in [-0.1, -0.05) is 18.1 Å². The third-order valence-corrected chi connectivity index (χ3v) is 7.24. The summed E-state index contributed by atoms with van der Waals surface area (Å²) in [5.41, 5.74) is 2.64. The number of aryl methyl sites for hydroxylation is 4. The number of para-hydroxylation sites is 1. The van der Waals surface area contributed by atoms with E-state index in [1.807, 2.05) is 6.92 Å². The van der Waals surface area contributed by atoms with Gasteiger partial charge in [0.25, 0.3) is 11.8 Å². The Labute approximate surface area is 238 Å². The van der Waals surface area contributed by atoms with Gasteiger partial charge in [0.15, 0.2) is 11.5 Å². The van der Waals surface area contributed by atoms with Crippen molar-refractivity contribution in [1.82, 2.24) is 24.7 Å². The van der Waals surface area contributed by atoms with Gasteiger partial charge in [-0.15, -0.1) is 0 Å². The average molecular weight is 568 g/mol. The molecule has 4 rings (SSSR count). The molecule has 1 aromatic carbocycles. The number of ether oxygens (including phenoxy) is 1. The number of likely N-dealkylation sites (N-methyl/N-ethyl adjacent to an activating group) is 1. The number of nitrogens with one attached hydrogen (secondary N) is 2. The van der Waals surface area contributed by atoms with Crippen LogP contribution >= 0.6 is 0 Å². The van der Waals surface area contributed by atoms with Crippen LogP contribution in [-0.2, 0) is 7.05 Å². The zero-order valence-electron chi connectivity index (χ0n) is 24.4. The van der Waals surface area contributed by atoms with Crippen molar-refractivity contribution < 1.29 is 28.8 Å². The van der Waals surface area contributed by atoms with E-state index in [4.69, 9.17) is 9.26 Å². The summed E-state index contributed by atoms with van der Waals surface area (Å²) in [4.78, 5) is 43.0. The highest BCUT2D eigenvalue weighted by molar-refractivity contribution is 6.06. The molecule has 3 heterocycles. The molecule has 41 heavy (non-hydrogen) atoms. The fourth-order valence-electron chi connectivity index (χ4n) is 4.79. The van der Waals surface area contributed by atoms with Gasteiger partial charge < -0.3 is 34.8 Å². The zero-order valence-corrected chi connectivity index (χ0v) is 24.4. The number of hydrogen-bond acceptors (Lipinski definition) is 8. The van der Waals surface area contributed by atoms with Crippen LogP contribution in [0.3, 0.4) is 0 Å². The Balaban J connectivity index is 1.67. The molecule has 2 aromatic heterocycles. The van der Waals surface area contributed by atoms with Crippen LogP contribution in [0, 0.1) is 26.7 Å². The molecule has 1 aliphatic heterocycles. The van der Waals surface area contributed by atoms with Crippen molar-refractivity contribution in [3.63, 3.8) is 0 Å². The number of aliphatic hydroxyl groups is 1. The van der Waals surface area contributed by atoms with E-state index in [1.54, 1.807) is 71.0 Å². The fraction of sp³-hybridized carbons (Fsp3) is 0.464. The second kappa shape index (κ2) is 12.0. The molecule has 0 saturated carbocycles. The Bertz CT molecular complexity index is 1430. The van der Waals surface area contributed by atoms with Gasteiger partial charge >= 0.3 is 6.03 Å². The third-order valence-electron chi connectivity index (χ3n) is 7.24. The lowest BCUT2D eigenvalue weighted by Crippen LogP contribution is -2.50. The molecular formula is C28H37N7O6. The van der Waals surface area contributed by atoms with Crippen LogP contribution in [0.5, 0.6) is 5.75 Å². The number of carbonyl (C=O) groups excluding carboxylic acids is 3. The number of anilines is 2. The number of rotatable bonds is 7. The molecule has 0 radical (unpaired) electrons. The van der Waals surface area contributed by atoms with Gasteiger partial charge in [-0.2, -0.15) is 5.10 Å². The molecule has 0 bridgehead atoms. The first kappa shape index (κ1) is 29.6. The first-order valence-electron chi connectivity index (χ1n) is 13.4. The molecular weight excluding hydrogens is 530 g/mol. The predicted octanol–water partition coefficient (Wildman–Crippen LogP) is 2.97. The molecule has 220 valence electrons. The fourth-order valence-corrected chi connectivity index (χ4v) is 4.79. The topological polar surface area (TPSA) is 155 Å². The standard InChI is InChI=1S/C28H37N7O6/c1-15-12-35(17(3)14-36)27(38)20-9-8-10-21(29-26(37)22-11-16(2)31-34(22)7)25(20)40-23(15)13-33(6)28(39)30-24-18(4)32-41-19(24)5/h8-11,15,17,23,36H,12-14H2,1-7H3,(H,29,37)(H,30,39)/t15-,17-,23-/m0/s1. The molecule has 13 nitrogen and oxygen atoms in total. The second-order valence-corrected chi connectivity index (χ2v) is 10.6. The summed E-state index contributed by atoms with van der Waals surface area (Å²) >= 11 is 0. The van der Waals surface area contributed by atoms with Gasteiger partial charge in [-0.3, -0.25) is 14.3 Å². The molecule has 3 N–H and O–H groups in total. The minimum atomic E-state index is -0.576. The lowest BCUT2D eigenvalue weighted by atomic mass is 9.99. The molecule has 3 aromatic rings. The Morgan fingerprint density at radius 3 is 2.59 bits per heavy atom. The average Bonchev–Trinajstić information content (AvgIpc) is 3.44. The van der Waals surface area contributed by atoms with Crippen LogP contribution in [0.1, 0.15) is 51.8 Å². The number of aliphatic hydroxyl groups excluding tert-OH is 1. The second-order valence-electron chi connectivity index (χ2n) is 10.6. The Kier molecular flexibility index (Phi) is 8.66. The van der Waals surface area contributed by atoms with Crippen molar-refractivity contribution in [1.29, 1.82) is 0 Å². The van der Waals surface area contributed by atoms with E-state index in [-0.39, 0.29) is 48.9 Å². The highest BCUT2D eigenvalue weighted by Crippen LogP contribution is 2.35. The predicted molar refractivity (Wildman–Crippen MR) is 151 cm³/mol. The highest BCUT2D eigenvalue weighted by Gasteiger charge is 2.35. The number of urea groups is 1. The van der Waals surface area contributed by atoms with Crippen LogP contribution in [-0.4, -0.2) is 86.6 Å². The minimum Gasteiger partial charge on any atom is -0.485 e. The summed E-state index contributed by atoms with van der Waals surface area (Å²) in [6, 6.07) is 5.75. The van der Waals surface area contributed by atoms with Crippen LogP contribution in [0.2, 0.25) is 0 Å². The van der Waals surface area contributed by atoms with Crippen LogP contribution in [0.15, 0.2) is 28.8 Å². The van der Waals surface area contributed by atoms with Gasteiger partial charge in [0.2, 0.25) is 0 Å². The SMILES string of the molecule is Cc1cc(C(=O)Nc2cccc3c2O[C@@H](CN(C)C(=O)Nc2c(C)noc2C)[C@@H](C)CN([C@@H](C)CO)C3=O)n(C)n1. The lowest BCUT2D eigenvalue weighted by Gasteiger charge is -2.38. The maximum absolute atomic E-state index is 13.7. The normalized spacial score (nSPS) is 17.7. The van der Waals surface area contributed by atoms with Gasteiger partial charge in [0.05, 0.1) is 36.1 Å². The van der Waals surface area contributed by atoms with Crippen LogP contribution in [0.4, 0.5) is 16.2 Å². The maximum Gasteiger partial charge on any atom is 0.321 e. The molecule has 1 aliphatic rings. The number of carbonyl (C=O) groups is 3. The molecule has 0 fully saturated rings. The molecule has 0 unspecified atom stereocenters. The molecule has 13 heteroatoms. The minimum absolute atomic E-state index is 0.161. The summed E-state index contributed by atoms with van der Waals surface area (Å²) in [7, 11) is 3.31. The number of amides is 4. The smallest absolute Gasteiger partial charge is 0.321 e. The molecule has 3 atom stereocenters. The molecule has 0 spiro atoms. The largest absolute Gasteiger partial charge is 0.485 e. The number of aromatic nitrogens is 3.